The zero-order chi connectivity index (χ0) is 25.6. The number of anilines is 2. The van der Waals surface area contributed by atoms with E-state index >= 15 is 0 Å². The van der Waals surface area contributed by atoms with E-state index in [1.165, 1.54) is 37.1 Å². The van der Waals surface area contributed by atoms with Gasteiger partial charge >= 0.3 is 5.82 Å². The first-order valence-electron chi connectivity index (χ1n) is 12.9. The average Bonchev–Trinajstić information content (AvgIpc) is 3.66. The highest BCUT2D eigenvalue weighted by Crippen LogP contribution is 2.23. The van der Waals surface area contributed by atoms with Crippen LogP contribution in [0.1, 0.15) is 31.2 Å². The van der Waals surface area contributed by atoms with Crippen LogP contribution in [0.25, 0.3) is 0 Å². The molecule has 0 N–H and O–H groups in total. The van der Waals surface area contributed by atoms with Crippen LogP contribution in [0.4, 0.5) is 17.2 Å². The van der Waals surface area contributed by atoms with E-state index in [2.05, 4.69) is 54.5 Å². The predicted octanol–water partition coefficient (Wildman–Crippen LogP) is 4.11. The first kappa shape index (κ1) is 24.7. The first-order valence-corrected chi connectivity index (χ1v) is 12.9. The summed E-state index contributed by atoms with van der Waals surface area (Å²) in [5, 5.41) is 18.3. The van der Waals surface area contributed by atoms with Gasteiger partial charge in [-0.05, 0) is 61.1 Å². The molecule has 0 atom stereocenters. The van der Waals surface area contributed by atoms with E-state index in [1.54, 1.807) is 7.11 Å². The minimum absolute atomic E-state index is 0.431. The van der Waals surface area contributed by atoms with E-state index in [4.69, 9.17) is 4.74 Å². The molecule has 0 amide bonds. The summed E-state index contributed by atoms with van der Waals surface area (Å²) in [5.41, 5.74) is 3.91. The van der Waals surface area contributed by atoms with Gasteiger partial charge < -0.3 is 19.1 Å². The first-order chi connectivity index (χ1) is 18.1. The van der Waals surface area contributed by atoms with Crippen molar-refractivity contribution in [1.29, 1.82) is 0 Å². The average molecular weight is 500 g/mol. The lowest BCUT2D eigenvalue weighted by atomic mass is 10.2. The van der Waals surface area contributed by atoms with Gasteiger partial charge in [0.1, 0.15) is 5.75 Å². The Morgan fingerprint density at radius 3 is 2.16 bits per heavy atom. The molecule has 9 nitrogen and oxygen atoms in total. The lowest BCUT2D eigenvalue weighted by Crippen LogP contribution is -2.28. The highest BCUT2D eigenvalue weighted by molar-refractivity contribution is 5.99. The van der Waals surface area contributed by atoms with E-state index < -0.39 is 0 Å². The number of amidine groups is 1. The molecule has 1 aromatic carbocycles. The predicted molar refractivity (Wildman–Crippen MR) is 146 cm³/mol. The van der Waals surface area contributed by atoms with E-state index in [0.29, 0.717) is 5.84 Å². The highest BCUT2D eigenvalue weighted by Gasteiger charge is 2.17. The van der Waals surface area contributed by atoms with Crippen LogP contribution in [-0.4, -0.2) is 43.7 Å². The Kier molecular flexibility index (Phi) is 7.58. The van der Waals surface area contributed by atoms with Crippen molar-refractivity contribution in [3.63, 3.8) is 0 Å². The maximum atomic E-state index is 5.33. The number of hydrogen-bond donors (Lipinski definition) is 0. The van der Waals surface area contributed by atoms with Crippen molar-refractivity contribution in [2.75, 3.05) is 43.1 Å². The van der Waals surface area contributed by atoms with E-state index in [-0.39, 0.29) is 0 Å². The largest absolute Gasteiger partial charge is 0.497 e. The Bertz CT molecular complexity index is 1350. The van der Waals surface area contributed by atoms with Gasteiger partial charge in [0.25, 0.3) is 0 Å². The number of nitrogens with zero attached hydrogens (tertiary/aromatic N) is 8. The molecule has 37 heavy (non-hydrogen) atoms. The Hall–Kier alpha value is -4.01. The van der Waals surface area contributed by atoms with Gasteiger partial charge in [0.2, 0.25) is 5.84 Å². The minimum atomic E-state index is 0.431. The number of pyridine rings is 2. The number of benzene rings is 1. The number of rotatable bonds is 6. The molecule has 2 saturated heterocycles. The maximum absolute atomic E-state index is 5.33. The monoisotopic (exact) mass is 499 g/mol. The molecular weight excluding hydrogens is 464 g/mol. The van der Waals surface area contributed by atoms with Crippen molar-refractivity contribution in [3.05, 3.63) is 72.0 Å². The van der Waals surface area contributed by atoms with Gasteiger partial charge in [-0.3, -0.25) is 0 Å². The maximum Gasteiger partial charge on any atom is 0.352 e. The second kappa shape index (κ2) is 11.4. The van der Waals surface area contributed by atoms with E-state index in [1.807, 2.05) is 59.9 Å². The molecule has 2 aromatic heterocycles. The van der Waals surface area contributed by atoms with Crippen molar-refractivity contribution in [2.24, 2.45) is 34.5 Å². The Labute approximate surface area is 218 Å². The molecule has 0 bridgehead atoms. The SMILES string of the molecule is COc1ccc(C(N=Nc2cc(N3CCCC3)cc[n+]2C)=NN=c2cc(N3CCCC3)ccn2C)cc1. The summed E-state index contributed by atoms with van der Waals surface area (Å²) < 4.78 is 9.26. The van der Waals surface area contributed by atoms with E-state index in [0.717, 1.165) is 48.8 Å². The number of aromatic nitrogens is 2. The smallest absolute Gasteiger partial charge is 0.352 e. The van der Waals surface area contributed by atoms with Gasteiger partial charge in [-0.25, -0.2) is 4.57 Å². The molecule has 3 aromatic rings. The molecule has 192 valence electrons. The van der Waals surface area contributed by atoms with Crippen molar-refractivity contribution in [2.45, 2.75) is 25.7 Å². The summed E-state index contributed by atoms with van der Waals surface area (Å²) in [6.45, 7) is 4.31. The standard InChI is InChI=1S/C28H35N8O/c1-33-18-12-23(35-14-4-5-15-35)20-26(33)29-31-28(22-8-10-25(37-3)11-9-22)32-30-27-21-24(13-19-34(27)2)36-16-6-7-17-36/h8-13,18-21H,4-7,14-17H2,1-3H3/q+1. The molecule has 0 aliphatic carbocycles. The molecule has 2 aliphatic rings. The lowest BCUT2D eigenvalue weighted by molar-refractivity contribution is -0.658. The zero-order valence-electron chi connectivity index (χ0n) is 21.9. The molecule has 0 radical (unpaired) electrons. The topological polar surface area (TPSA) is 74.0 Å². The van der Waals surface area contributed by atoms with E-state index in [9.17, 15) is 0 Å². The van der Waals surface area contributed by atoms with Gasteiger partial charge in [-0.15, -0.1) is 10.2 Å². The van der Waals surface area contributed by atoms with Crippen molar-refractivity contribution in [3.8, 4) is 5.75 Å². The molecule has 5 rings (SSSR count). The van der Waals surface area contributed by atoms with Crippen molar-refractivity contribution < 1.29 is 9.30 Å². The molecular formula is C28H35N8O+. The van der Waals surface area contributed by atoms with Gasteiger partial charge in [-0.2, -0.15) is 0 Å². The Balaban J connectivity index is 1.51. The van der Waals surface area contributed by atoms with Crippen LogP contribution in [-0.2, 0) is 14.1 Å². The summed E-state index contributed by atoms with van der Waals surface area (Å²) in [6.07, 6.45) is 8.96. The quantitative estimate of drug-likeness (QED) is 0.168. The number of aryl methyl sites for hydroxylation is 2. The third-order valence-electron chi connectivity index (χ3n) is 7.00. The third kappa shape index (κ3) is 5.87. The fourth-order valence-corrected chi connectivity index (χ4v) is 4.71. The van der Waals surface area contributed by atoms with Gasteiger partial charge in [0.05, 0.1) is 31.5 Å². The normalized spacial score (nSPS) is 16.8. The highest BCUT2D eigenvalue weighted by atomic mass is 16.5. The fraction of sp³-hybridized carbons (Fsp3) is 0.393. The van der Waals surface area contributed by atoms with Crippen LogP contribution in [0.15, 0.2) is 81.4 Å². The Morgan fingerprint density at radius 2 is 1.51 bits per heavy atom. The number of azo groups is 1. The van der Waals surface area contributed by atoms with Crippen LogP contribution in [0.3, 0.4) is 0 Å². The van der Waals surface area contributed by atoms with Crippen LogP contribution in [0.5, 0.6) is 5.75 Å². The molecule has 4 heterocycles. The Morgan fingerprint density at radius 1 is 0.865 bits per heavy atom. The third-order valence-corrected chi connectivity index (χ3v) is 7.00. The fourth-order valence-electron chi connectivity index (χ4n) is 4.71. The molecule has 0 spiro atoms. The summed E-state index contributed by atoms with van der Waals surface area (Å²) in [5.74, 6) is 1.96. The summed E-state index contributed by atoms with van der Waals surface area (Å²) in [4.78, 5) is 4.78. The summed E-state index contributed by atoms with van der Waals surface area (Å²) >= 11 is 0. The van der Waals surface area contributed by atoms with Gasteiger partial charge in [0, 0.05) is 68.5 Å². The second-order valence-corrected chi connectivity index (χ2v) is 9.55. The summed E-state index contributed by atoms with van der Waals surface area (Å²) in [7, 11) is 5.60. The second-order valence-electron chi connectivity index (χ2n) is 9.55. The molecule has 2 aliphatic heterocycles. The van der Waals surface area contributed by atoms with Crippen molar-refractivity contribution in [1.82, 2.24) is 4.57 Å². The molecule has 9 heteroatoms. The molecule has 2 fully saturated rings. The number of hydrogen-bond acceptors (Lipinski definition) is 6. The van der Waals surface area contributed by atoms with Crippen LogP contribution in [0, 0.1) is 0 Å². The lowest BCUT2D eigenvalue weighted by Gasteiger charge is -2.17. The minimum Gasteiger partial charge on any atom is -0.497 e. The van der Waals surface area contributed by atoms with Crippen LogP contribution < -0.4 is 24.6 Å². The van der Waals surface area contributed by atoms with Crippen LogP contribution >= 0.6 is 0 Å². The number of ether oxygens (including phenoxy) is 1. The van der Waals surface area contributed by atoms with Gasteiger partial charge in [-0.1, -0.05) is 0 Å². The summed E-state index contributed by atoms with van der Waals surface area (Å²) in [6, 6.07) is 16.1. The van der Waals surface area contributed by atoms with Crippen molar-refractivity contribution >= 4 is 23.0 Å². The number of methoxy groups -OCH3 is 1. The molecule has 0 unspecified atom stereocenters. The molecule has 0 saturated carbocycles. The van der Waals surface area contributed by atoms with Crippen LogP contribution in [0.2, 0.25) is 0 Å². The van der Waals surface area contributed by atoms with Gasteiger partial charge in [0.15, 0.2) is 5.49 Å². The zero-order valence-corrected chi connectivity index (χ0v) is 21.9.